The first-order valence-electron chi connectivity index (χ1n) is 4.43. The Hall–Kier alpha value is -0.680. The third-order valence-electron chi connectivity index (χ3n) is 1.57. The molecule has 4 nitrogen and oxygen atoms in total. The predicted octanol–water partition coefficient (Wildman–Crippen LogP) is 2.04. The van der Waals surface area contributed by atoms with Gasteiger partial charge in [-0.2, -0.15) is 4.98 Å². The van der Waals surface area contributed by atoms with Gasteiger partial charge in [0.25, 0.3) is 0 Å². The van der Waals surface area contributed by atoms with Gasteiger partial charge in [0.05, 0.1) is 6.61 Å². The fourth-order valence-corrected chi connectivity index (χ4v) is 1.17. The number of nitrogens with zero attached hydrogens (tertiary/aromatic N) is 2. The highest BCUT2D eigenvalue weighted by Crippen LogP contribution is 2.08. The first-order valence-corrected chi connectivity index (χ1v) is 5.22. The van der Waals surface area contributed by atoms with Gasteiger partial charge in [0.1, 0.15) is 4.60 Å². The molecule has 0 amide bonds. The van der Waals surface area contributed by atoms with E-state index in [9.17, 15) is 0 Å². The number of methoxy groups -OCH3 is 1. The van der Waals surface area contributed by atoms with E-state index in [1.54, 1.807) is 19.4 Å². The van der Waals surface area contributed by atoms with Crippen LogP contribution < -0.4 is 4.74 Å². The maximum Gasteiger partial charge on any atom is 0.317 e. The summed E-state index contributed by atoms with van der Waals surface area (Å²) in [5.41, 5.74) is 0. The van der Waals surface area contributed by atoms with E-state index in [4.69, 9.17) is 9.47 Å². The Balaban J connectivity index is 2.18. The molecule has 14 heavy (non-hydrogen) atoms. The molecule has 0 spiro atoms. The number of halogens is 1. The lowest BCUT2D eigenvalue weighted by Crippen LogP contribution is -2.02. The van der Waals surface area contributed by atoms with Crippen molar-refractivity contribution < 1.29 is 9.47 Å². The van der Waals surface area contributed by atoms with Crippen LogP contribution in [0.1, 0.15) is 12.8 Å². The SMILES string of the molecule is COCCCCOc1nccc(Br)n1. The van der Waals surface area contributed by atoms with E-state index in [2.05, 4.69) is 25.9 Å². The van der Waals surface area contributed by atoms with Crippen LogP contribution in [0.25, 0.3) is 0 Å². The van der Waals surface area contributed by atoms with E-state index in [1.807, 2.05) is 0 Å². The van der Waals surface area contributed by atoms with Crippen molar-refractivity contribution in [2.24, 2.45) is 0 Å². The molecular formula is C9H13BrN2O2. The van der Waals surface area contributed by atoms with Crippen molar-refractivity contribution >= 4 is 15.9 Å². The molecule has 0 saturated heterocycles. The number of hydrogen-bond acceptors (Lipinski definition) is 4. The standard InChI is InChI=1S/C9H13BrN2O2/c1-13-6-2-3-7-14-9-11-5-4-8(10)12-9/h4-5H,2-3,6-7H2,1H3. The monoisotopic (exact) mass is 260 g/mol. The molecule has 5 heteroatoms. The van der Waals surface area contributed by atoms with Gasteiger partial charge >= 0.3 is 6.01 Å². The molecule has 0 bridgehead atoms. The second-order valence-electron chi connectivity index (χ2n) is 2.71. The van der Waals surface area contributed by atoms with Crippen molar-refractivity contribution in [3.8, 4) is 6.01 Å². The average molecular weight is 261 g/mol. The molecule has 0 aliphatic carbocycles. The zero-order valence-electron chi connectivity index (χ0n) is 8.07. The molecule has 0 aliphatic heterocycles. The van der Waals surface area contributed by atoms with Gasteiger partial charge in [-0.15, -0.1) is 0 Å². The topological polar surface area (TPSA) is 44.2 Å². The van der Waals surface area contributed by atoms with Crippen LogP contribution in [0, 0.1) is 0 Å². The second kappa shape index (κ2) is 6.73. The van der Waals surface area contributed by atoms with Crippen LogP contribution >= 0.6 is 15.9 Å². The molecule has 0 unspecified atom stereocenters. The van der Waals surface area contributed by atoms with Gasteiger partial charge < -0.3 is 9.47 Å². The summed E-state index contributed by atoms with van der Waals surface area (Å²) in [6, 6.07) is 2.18. The summed E-state index contributed by atoms with van der Waals surface area (Å²) in [4.78, 5) is 8.01. The number of unbranched alkanes of at least 4 members (excludes halogenated alkanes) is 1. The Bertz CT molecular complexity index is 271. The van der Waals surface area contributed by atoms with Crippen molar-refractivity contribution in [2.75, 3.05) is 20.3 Å². The highest BCUT2D eigenvalue weighted by Gasteiger charge is 1.97. The molecular weight excluding hydrogens is 248 g/mol. The van der Waals surface area contributed by atoms with Crippen LogP contribution in [-0.2, 0) is 4.74 Å². The minimum atomic E-state index is 0.414. The molecule has 1 aromatic heterocycles. The van der Waals surface area contributed by atoms with Crippen molar-refractivity contribution in [1.29, 1.82) is 0 Å². The first kappa shape index (κ1) is 11.4. The van der Waals surface area contributed by atoms with Gasteiger partial charge in [0.15, 0.2) is 0 Å². The zero-order chi connectivity index (χ0) is 10.2. The minimum Gasteiger partial charge on any atom is -0.463 e. The van der Waals surface area contributed by atoms with Crippen LogP contribution in [0.15, 0.2) is 16.9 Å². The largest absolute Gasteiger partial charge is 0.463 e. The van der Waals surface area contributed by atoms with Crippen molar-refractivity contribution in [1.82, 2.24) is 9.97 Å². The quantitative estimate of drug-likeness (QED) is 0.580. The highest BCUT2D eigenvalue weighted by molar-refractivity contribution is 9.10. The highest BCUT2D eigenvalue weighted by atomic mass is 79.9. The maximum absolute atomic E-state index is 5.33. The molecule has 1 heterocycles. The molecule has 0 aliphatic rings. The maximum atomic E-state index is 5.33. The van der Waals surface area contributed by atoms with E-state index < -0.39 is 0 Å². The molecule has 0 radical (unpaired) electrons. The molecule has 0 saturated carbocycles. The summed E-state index contributed by atoms with van der Waals surface area (Å²) >= 11 is 3.24. The lowest BCUT2D eigenvalue weighted by molar-refractivity contribution is 0.182. The summed E-state index contributed by atoms with van der Waals surface area (Å²) in [6.45, 7) is 1.39. The van der Waals surface area contributed by atoms with Gasteiger partial charge in [-0.1, -0.05) is 0 Å². The molecule has 0 aromatic carbocycles. The average Bonchev–Trinajstić information content (AvgIpc) is 2.18. The molecule has 78 valence electrons. The summed E-state index contributed by atoms with van der Waals surface area (Å²) in [5, 5.41) is 0. The van der Waals surface area contributed by atoms with Crippen molar-refractivity contribution in [3.63, 3.8) is 0 Å². The normalized spacial score (nSPS) is 10.1. The fraction of sp³-hybridized carbons (Fsp3) is 0.556. The van der Waals surface area contributed by atoms with Gasteiger partial charge in [0, 0.05) is 19.9 Å². The van der Waals surface area contributed by atoms with Gasteiger partial charge in [0.2, 0.25) is 0 Å². The van der Waals surface area contributed by atoms with Crippen LogP contribution in [0.2, 0.25) is 0 Å². The van der Waals surface area contributed by atoms with Crippen LogP contribution in [-0.4, -0.2) is 30.3 Å². The Labute approximate surface area is 91.8 Å². The Morgan fingerprint density at radius 3 is 2.86 bits per heavy atom. The third-order valence-corrected chi connectivity index (χ3v) is 2.02. The molecule has 0 atom stereocenters. The van der Waals surface area contributed by atoms with Gasteiger partial charge in [-0.25, -0.2) is 4.98 Å². The number of rotatable bonds is 6. The third kappa shape index (κ3) is 4.53. The Kier molecular flexibility index (Phi) is 5.47. The predicted molar refractivity (Wildman–Crippen MR) is 56.3 cm³/mol. The first-order chi connectivity index (χ1) is 6.83. The van der Waals surface area contributed by atoms with Crippen molar-refractivity contribution in [3.05, 3.63) is 16.9 Å². The van der Waals surface area contributed by atoms with Gasteiger partial charge in [-0.05, 0) is 34.8 Å². The van der Waals surface area contributed by atoms with E-state index in [-0.39, 0.29) is 0 Å². The fourth-order valence-electron chi connectivity index (χ4n) is 0.902. The lowest BCUT2D eigenvalue weighted by atomic mass is 10.3. The van der Waals surface area contributed by atoms with Crippen LogP contribution in [0.4, 0.5) is 0 Å². The summed E-state index contributed by atoms with van der Waals surface area (Å²) < 4.78 is 11.0. The van der Waals surface area contributed by atoms with E-state index >= 15 is 0 Å². The molecule has 1 rings (SSSR count). The zero-order valence-corrected chi connectivity index (χ0v) is 9.66. The van der Waals surface area contributed by atoms with Crippen LogP contribution in [0.3, 0.4) is 0 Å². The van der Waals surface area contributed by atoms with Crippen molar-refractivity contribution in [2.45, 2.75) is 12.8 Å². The number of ether oxygens (including phenoxy) is 2. The molecule has 0 fully saturated rings. The molecule has 0 N–H and O–H groups in total. The number of hydrogen-bond donors (Lipinski definition) is 0. The van der Waals surface area contributed by atoms with E-state index in [0.717, 1.165) is 24.1 Å². The molecule has 1 aromatic rings. The van der Waals surface area contributed by atoms with E-state index in [1.165, 1.54) is 0 Å². The van der Waals surface area contributed by atoms with Crippen LogP contribution in [0.5, 0.6) is 6.01 Å². The number of aromatic nitrogens is 2. The second-order valence-corrected chi connectivity index (χ2v) is 3.52. The van der Waals surface area contributed by atoms with E-state index in [0.29, 0.717) is 12.6 Å². The van der Waals surface area contributed by atoms with Gasteiger partial charge in [-0.3, -0.25) is 0 Å². The Morgan fingerprint density at radius 1 is 1.36 bits per heavy atom. The summed E-state index contributed by atoms with van der Waals surface area (Å²) in [5.74, 6) is 0. The Morgan fingerprint density at radius 2 is 2.14 bits per heavy atom. The summed E-state index contributed by atoms with van der Waals surface area (Å²) in [6.07, 6.45) is 3.59. The minimum absolute atomic E-state index is 0.414. The smallest absolute Gasteiger partial charge is 0.317 e. The summed E-state index contributed by atoms with van der Waals surface area (Å²) in [7, 11) is 1.69. The lowest BCUT2D eigenvalue weighted by Gasteiger charge is -2.03.